The first-order chi connectivity index (χ1) is 9.24. The summed E-state index contributed by atoms with van der Waals surface area (Å²) < 4.78 is 0. The summed E-state index contributed by atoms with van der Waals surface area (Å²) in [4.78, 5) is 14.4. The number of benzene rings is 1. The standard InChI is InChI=1S/C15H21ClN2O/c1-2-18(14-6-7-14)9-8-17-15(19)13-5-3-4-12(10-13)11-16/h3-5,10,14H,2,6-9,11H2,1H3,(H,17,19). The predicted molar refractivity (Wildman–Crippen MR) is 78.6 cm³/mol. The molecule has 0 aliphatic heterocycles. The van der Waals surface area contributed by atoms with Crippen molar-refractivity contribution in [2.75, 3.05) is 19.6 Å². The molecule has 1 aliphatic rings. The number of rotatable bonds is 7. The van der Waals surface area contributed by atoms with Crippen LogP contribution in [0.3, 0.4) is 0 Å². The molecule has 104 valence electrons. The minimum Gasteiger partial charge on any atom is -0.351 e. The zero-order chi connectivity index (χ0) is 13.7. The molecule has 0 unspecified atom stereocenters. The average molecular weight is 281 g/mol. The number of amides is 1. The largest absolute Gasteiger partial charge is 0.351 e. The van der Waals surface area contributed by atoms with Crippen molar-refractivity contribution in [2.24, 2.45) is 0 Å². The highest BCUT2D eigenvalue weighted by atomic mass is 35.5. The van der Waals surface area contributed by atoms with Crippen molar-refractivity contribution in [3.8, 4) is 0 Å². The first kappa shape index (κ1) is 14.4. The van der Waals surface area contributed by atoms with Gasteiger partial charge in [0.25, 0.3) is 5.91 Å². The predicted octanol–water partition coefficient (Wildman–Crippen LogP) is 2.64. The zero-order valence-corrected chi connectivity index (χ0v) is 12.1. The van der Waals surface area contributed by atoms with Crippen LogP contribution in [0.4, 0.5) is 0 Å². The lowest BCUT2D eigenvalue weighted by Gasteiger charge is -2.19. The fraction of sp³-hybridized carbons (Fsp3) is 0.533. The Morgan fingerprint density at radius 2 is 2.26 bits per heavy atom. The lowest BCUT2D eigenvalue weighted by Crippen LogP contribution is -2.36. The van der Waals surface area contributed by atoms with Gasteiger partial charge >= 0.3 is 0 Å². The van der Waals surface area contributed by atoms with Crippen molar-refractivity contribution >= 4 is 17.5 Å². The number of hydrogen-bond acceptors (Lipinski definition) is 2. The quantitative estimate of drug-likeness (QED) is 0.779. The van der Waals surface area contributed by atoms with Crippen molar-refractivity contribution in [2.45, 2.75) is 31.7 Å². The molecular weight excluding hydrogens is 260 g/mol. The number of carbonyl (C=O) groups excluding carboxylic acids is 1. The third-order valence-corrected chi connectivity index (χ3v) is 3.81. The molecule has 1 amide bonds. The molecule has 1 saturated carbocycles. The van der Waals surface area contributed by atoms with Crippen LogP contribution in [0.15, 0.2) is 24.3 Å². The summed E-state index contributed by atoms with van der Waals surface area (Å²) in [7, 11) is 0. The Kier molecular flexibility index (Phi) is 5.23. The monoisotopic (exact) mass is 280 g/mol. The van der Waals surface area contributed by atoms with Gasteiger partial charge in [-0.2, -0.15) is 0 Å². The first-order valence-electron chi connectivity index (χ1n) is 6.91. The maximum Gasteiger partial charge on any atom is 0.251 e. The van der Waals surface area contributed by atoms with E-state index in [-0.39, 0.29) is 5.91 Å². The highest BCUT2D eigenvalue weighted by Crippen LogP contribution is 2.25. The van der Waals surface area contributed by atoms with E-state index in [1.54, 1.807) is 0 Å². The second-order valence-corrected chi connectivity index (χ2v) is 5.22. The third-order valence-electron chi connectivity index (χ3n) is 3.50. The molecular formula is C15H21ClN2O. The van der Waals surface area contributed by atoms with Crippen molar-refractivity contribution in [1.82, 2.24) is 10.2 Å². The first-order valence-corrected chi connectivity index (χ1v) is 7.45. The van der Waals surface area contributed by atoms with Gasteiger partial charge in [0.05, 0.1) is 0 Å². The maximum absolute atomic E-state index is 12.0. The Hall–Kier alpha value is -1.06. The molecule has 0 aromatic heterocycles. The van der Waals surface area contributed by atoms with Crippen LogP contribution in [-0.4, -0.2) is 36.5 Å². The van der Waals surface area contributed by atoms with Crippen molar-refractivity contribution < 1.29 is 4.79 Å². The van der Waals surface area contributed by atoms with Crippen molar-refractivity contribution in [1.29, 1.82) is 0 Å². The van der Waals surface area contributed by atoms with E-state index in [9.17, 15) is 4.79 Å². The summed E-state index contributed by atoms with van der Waals surface area (Å²) >= 11 is 5.77. The Morgan fingerprint density at radius 3 is 2.89 bits per heavy atom. The van der Waals surface area contributed by atoms with Crippen molar-refractivity contribution in [3.05, 3.63) is 35.4 Å². The lowest BCUT2D eigenvalue weighted by molar-refractivity contribution is 0.0948. The van der Waals surface area contributed by atoms with E-state index in [2.05, 4.69) is 17.1 Å². The summed E-state index contributed by atoms with van der Waals surface area (Å²) in [5.74, 6) is 0.422. The zero-order valence-electron chi connectivity index (χ0n) is 11.4. The van der Waals surface area contributed by atoms with Crippen LogP contribution < -0.4 is 5.32 Å². The van der Waals surface area contributed by atoms with Gasteiger partial charge in [-0.25, -0.2) is 0 Å². The van der Waals surface area contributed by atoms with Gasteiger partial charge in [0.1, 0.15) is 0 Å². The van der Waals surface area contributed by atoms with Crippen LogP contribution in [0.1, 0.15) is 35.7 Å². The van der Waals surface area contributed by atoms with E-state index >= 15 is 0 Å². The molecule has 1 N–H and O–H groups in total. The van der Waals surface area contributed by atoms with Gasteiger partial charge in [-0.1, -0.05) is 19.1 Å². The van der Waals surface area contributed by atoms with Crippen LogP contribution in [0, 0.1) is 0 Å². The molecule has 0 saturated heterocycles. The summed E-state index contributed by atoms with van der Waals surface area (Å²) in [6.07, 6.45) is 2.61. The van der Waals surface area contributed by atoms with Gasteiger partial charge in [0, 0.05) is 30.6 Å². The number of alkyl halides is 1. The smallest absolute Gasteiger partial charge is 0.251 e. The summed E-state index contributed by atoms with van der Waals surface area (Å²) in [5, 5.41) is 2.97. The van der Waals surface area contributed by atoms with Crippen LogP contribution in [-0.2, 0) is 5.88 Å². The highest BCUT2D eigenvalue weighted by Gasteiger charge is 2.27. The van der Waals surface area contributed by atoms with Gasteiger partial charge in [0.15, 0.2) is 0 Å². The summed E-state index contributed by atoms with van der Waals surface area (Å²) in [6.45, 7) is 4.86. The van der Waals surface area contributed by atoms with E-state index < -0.39 is 0 Å². The van der Waals surface area contributed by atoms with Gasteiger partial charge in [0.2, 0.25) is 0 Å². The van der Waals surface area contributed by atoms with Crippen LogP contribution in [0.5, 0.6) is 0 Å². The minimum absolute atomic E-state index is 0.0150. The molecule has 0 spiro atoms. The lowest BCUT2D eigenvalue weighted by atomic mass is 10.1. The minimum atomic E-state index is -0.0150. The second-order valence-electron chi connectivity index (χ2n) is 4.95. The fourth-order valence-electron chi connectivity index (χ4n) is 2.25. The molecule has 0 heterocycles. The molecule has 1 aliphatic carbocycles. The van der Waals surface area contributed by atoms with Crippen LogP contribution in [0.2, 0.25) is 0 Å². The number of nitrogens with one attached hydrogen (secondary N) is 1. The van der Waals surface area contributed by atoms with Crippen LogP contribution in [0.25, 0.3) is 0 Å². The van der Waals surface area contributed by atoms with Gasteiger partial charge in [-0.05, 0) is 37.1 Å². The SMILES string of the molecule is CCN(CCNC(=O)c1cccc(CCl)c1)C1CC1. The molecule has 1 aromatic rings. The Morgan fingerprint density at radius 1 is 1.47 bits per heavy atom. The van der Waals surface area contributed by atoms with E-state index in [4.69, 9.17) is 11.6 Å². The highest BCUT2D eigenvalue weighted by molar-refractivity contribution is 6.17. The normalized spacial score (nSPS) is 14.7. The summed E-state index contributed by atoms with van der Waals surface area (Å²) in [5.41, 5.74) is 1.66. The molecule has 0 atom stereocenters. The molecule has 1 fully saturated rings. The molecule has 4 heteroatoms. The van der Waals surface area contributed by atoms with Crippen LogP contribution >= 0.6 is 11.6 Å². The van der Waals surface area contributed by atoms with E-state index in [1.165, 1.54) is 12.8 Å². The molecule has 19 heavy (non-hydrogen) atoms. The van der Waals surface area contributed by atoms with Gasteiger partial charge in [-0.15, -0.1) is 11.6 Å². The number of hydrogen-bond donors (Lipinski definition) is 1. The van der Waals surface area contributed by atoms with E-state index in [1.807, 2.05) is 24.3 Å². The molecule has 0 radical (unpaired) electrons. The number of likely N-dealkylation sites (N-methyl/N-ethyl adjacent to an activating group) is 1. The Bertz CT molecular complexity index is 432. The average Bonchev–Trinajstić information content (AvgIpc) is 3.28. The number of carbonyl (C=O) groups is 1. The third kappa shape index (κ3) is 4.22. The second kappa shape index (κ2) is 6.92. The fourth-order valence-corrected chi connectivity index (χ4v) is 2.42. The summed E-state index contributed by atoms with van der Waals surface area (Å²) in [6, 6.07) is 8.22. The topological polar surface area (TPSA) is 32.3 Å². The molecule has 0 bridgehead atoms. The van der Waals surface area contributed by atoms with E-state index in [0.717, 1.165) is 24.7 Å². The molecule has 2 rings (SSSR count). The Balaban J connectivity index is 1.79. The van der Waals surface area contributed by atoms with Gasteiger partial charge in [-0.3, -0.25) is 9.69 Å². The Labute approximate surface area is 119 Å². The number of nitrogens with zero attached hydrogens (tertiary/aromatic N) is 1. The van der Waals surface area contributed by atoms with Crippen molar-refractivity contribution in [3.63, 3.8) is 0 Å². The van der Waals surface area contributed by atoms with E-state index in [0.29, 0.717) is 18.0 Å². The molecule has 3 nitrogen and oxygen atoms in total. The molecule has 1 aromatic carbocycles. The number of halogens is 1. The maximum atomic E-state index is 12.0. The van der Waals surface area contributed by atoms with Gasteiger partial charge < -0.3 is 5.32 Å².